The summed E-state index contributed by atoms with van der Waals surface area (Å²) < 4.78 is 10.6. The van der Waals surface area contributed by atoms with Crippen molar-refractivity contribution in [1.29, 1.82) is 0 Å². The molecule has 2 rings (SSSR count). The molecule has 0 aliphatic carbocycles. The largest absolute Gasteiger partial charge is 0.493 e. The van der Waals surface area contributed by atoms with Crippen LogP contribution in [-0.4, -0.2) is 20.1 Å². The molecule has 1 unspecified atom stereocenters. The van der Waals surface area contributed by atoms with Crippen LogP contribution in [0.4, 0.5) is 0 Å². The number of rotatable bonds is 7. The molecule has 1 atom stereocenters. The van der Waals surface area contributed by atoms with E-state index in [-0.39, 0.29) is 11.9 Å². The minimum Gasteiger partial charge on any atom is -0.493 e. The van der Waals surface area contributed by atoms with Crippen LogP contribution in [0, 0.1) is 13.8 Å². The second-order valence-electron chi connectivity index (χ2n) is 6.25. The van der Waals surface area contributed by atoms with Crippen LogP contribution < -0.4 is 14.8 Å². The number of methoxy groups -OCH3 is 2. The van der Waals surface area contributed by atoms with Crippen molar-refractivity contribution in [2.45, 2.75) is 39.7 Å². The smallest absolute Gasteiger partial charge is 0.224 e. The minimum atomic E-state index is -0.0574. The Hall–Kier alpha value is -2.49. The van der Waals surface area contributed by atoms with Crippen LogP contribution in [0.5, 0.6) is 11.5 Å². The van der Waals surface area contributed by atoms with Gasteiger partial charge in [-0.15, -0.1) is 0 Å². The summed E-state index contributed by atoms with van der Waals surface area (Å²) >= 11 is 0. The molecular weight excluding hydrogens is 314 g/mol. The van der Waals surface area contributed by atoms with Crippen molar-refractivity contribution >= 4 is 5.91 Å². The summed E-state index contributed by atoms with van der Waals surface area (Å²) in [6.07, 6.45) is 1.18. The van der Waals surface area contributed by atoms with E-state index in [0.29, 0.717) is 17.9 Å². The zero-order valence-corrected chi connectivity index (χ0v) is 15.7. The summed E-state index contributed by atoms with van der Waals surface area (Å²) in [6, 6.07) is 11.9. The third-order valence-corrected chi connectivity index (χ3v) is 4.40. The maximum atomic E-state index is 12.5. The number of amides is 1. The molecule has 0 aliphatic heterocycles. The van der Waals surface area contributed by atoms with Crippen LogP contribution in [0.15, 0.2) is 36.4 Å². The first kappa shape index (κ1) is 18.8. The molecule has 0 aliphatic rings. The zero-order valence-electron chi connectivity index (χ0n) is 15.7. The summed E-state index contributed by atoms with van der Waals surface area (Å²) in [5, 5.41) is 3.13. The van der Waals surface area contributed by atoms with Gasteiger partial charge in [-0.3, -0.25) is 4.79 Å². The minimum absolute atomic E-state index is 0.0218. The number of nitrogens with one attached hydrogen (secondary N) is 1. The van der Waals surface area contributed by atoms with Crippen LogP contribution in [-0.2, 0) is 11.2 Å². The highest BCUT2D eigenvalue weighted by molar-refractivity contribution is 5.79. The number of benzene rings is 2. The molecular formula is C21H27NO3. The fourth-order valence-electron chi connectivity index (χ4n) is 2.95. The second-order valence-corrected chi connectivity index (χ2v) is 6.25. The van der Waals surface area contributed by atoms with Crippen molar-refractivity contribution in [2.75, 3.05) is 14.2 Å². The van der Waals surface area contributed by atoms with Gasteiger partial charge < -0.3 is 14.8 Å². The van der Waals surface area contributed by atoms with E-state index in [1.807, 2.05) is 37.3 Å². The molecule has 1 N–H and O–H groups in total. The topological polar surface area (TPSA) is 47.6 Å². The van der Waals surface area contributed by atoms with E-state index in [1.165, 1.54) is 5.56 Å². The molecule has 2 aromatic rings. The lowest BCUT2D eigenvalue weighted by atomic mass is 10.0. The molecule has 1 amide bonds. The van der Waals surface area contributed by atoms with Gasteiger partial charge in [0.25, 0.3) is 0 Å². The number of hydrogen-bond donors (Lipinski definition) is 1. The van der Waals surface area contributed by atoms with Crippen molar-refractivity contribution in [3.8, 4) is 11.5 Å². The predicted octanol–water partition coefficient (Wildman–Crippen LogP) is 4.13. The monoisotopic (exact) mass is 341 g/mol. The number of aryl methyl sites for hydroxylation is 2. The van der Waals surface area contributed by atoms with Gasteiger partial charge in [0.2, 0.25) is 5.91 Å². The fraction of sp³-hybridized carbons (Fsp3) is 0.381. The van der Waals surface area contributed by atoms with Crippen molar-refractivity contribution in [2.24, 2.45) is 0 Å². The molecule has 0 spiro atoms. The van der Waals surface area contributed by atoms with E-state index >= 15 is 0 Å². The quantitative estimate of drug-likeness (QED) is 0.824. The second kappa shape index (κ2) is 8.56. The summed E-state index contributed by atoms with van der Waals surface area (Å²) in [5.74, 6) is 1.37. The Labute approximate surface area is 150 Å². The SMILES string of the molecule is CCC(NC(=O)Cc1ccc(C)cc1C)c1ccc(OC)c(OC)c1. The Morgan fingerprint density at radius 2 is 1.76 bits per heavy atom. The van der Waals surface area contributed by atoms with Crippen LogP contribution in [0.1, 0.15) is 41.6 Å². The van der Waals surface area contributed by atoms with Gasteiger partial charge in [0.15, 0.2) is 11.5 Å². The van der Waals surface area contributed by atoms with Crippen LogP contribution >= 0.6 is 0 Å². The lowest BCUT2D eigenvalue weighted by Crippen LogP contribution is -2.29. The number of hydrogen-bond acceptors (Lipinski definition) is 3. The summed E-state index contributed by atoms with van der Waals surface area (Å²) in [6.45, 7) is 6.15. The van der Waals surface area contributed by atoms with E-state index in [4.69, 9.17) is 9.47 Å². The highest BCUT2D eigenvalue weighted by atomic mass is 16.5. The Bertz CT molecular complexity index is 740. The van der Waals surface area contributed by atoms with Crippen LogP contribution in [0.25, 0.3) is 0 Å². The van der Waals surface area contributed by atoms with Crippen LogP contribution in [0.2, 0.25) is 0 Å². The molecule has 4 nitrogen and oxygen atoms in total. The molecule has 0 heterocycles. The van der Waals surface area contributed by atoms with Gasteiger partial charge in [0.05, 0.1) is 26.7 Å². The first-order chi connectivity index (χ1) is 12.0. The van der Waals surface area contributed by atoms with Gasteiger partial charge in [-0.25, -0.2) is 0 Å². The van der Waals surface area contributed by atoms with E-state index in [0.717, 1.165) is 23.1 Å². The Balaban J connectivity index is 2.12. The summed E-state index contributed by atoms with van der Waals surface area (Å²) in [7, 11) is 3.22. The van der Waals surface area contributed by atoms with E-state index in [1.54, 1.807) is 14.2 Å². The predicted molar refractivity (Wildman–Crippen MR) is 100 cm³/mol. The lowest BCUT2D eigenvalue weighted by Gasteiger charge is -2.19. The zero-order chi connectivity index (χ0) is 18.4. The molecule has 25 heavy (non-hydrogen) atoms. The summed E-state index contributed by atoms with van der Waals surface area (Å²) in [4.78, 5) is 12.5. The average molecular weight is 341 g/mol. The lowest BCUT2D eigenvalue weighted by molar-refractivity contribution is -0.121. The molecule has 0 bridgehead atoms. The summed E-state index contributed by atoms with van der Waals surface area (Å²) in [5.41, 5.74) is 4.42. The molecule has 2 aromatic carbocycles. The maximum Gasteiger partial charge on any atom is 0.224 e. The third-order valence-electron chi connectivity index (χ3n) is 4.40. The van der Waals surface area contributed by atoms with E-state index < -0.39 is 0 Å². The Morgan fingerprint density at radius 3 is 2.36 bits per heavy atom. The molecule has 4 heteroatoms. The molecule has 134 valence electrons. The standard InChI is InChI=1S/C21H27NO3/c1-6-18(17-9-10-19(24-4)20(12-17)25-5)22-21(23)13-16-8-7-14(2)11-15(16)3/h7-12,18H,6,13H2,1-5H3,(H,22,23). The molecule has 0 radical (unpaired) electrons. The molecule has 0 saturated heterocycles. The highest BCUT2D eigenvalue weighted by Gasteiger charge is 2.16. The van der Waals surface area contributed by atoms with Gasteiger partial charge in [-0.1, -0.05) is 36.8 Å². The molecule has 0 aromatic heterocycles. The number of ether oxygens (including phenoxy) is 2. The first-order valence-corrected chi connectivity index (χ1v) is 8.55. The Morgan fingerprint density at radius 1 is 1.04 bits per heavy atom. The number of carbonyl (C=O) groups is 1. The molecule has 0 fully saturated rings. The van der Waals surface area contributed by atoms with Crippen molar-refractivity contribution < 1.29 is 14.3 Å². The van der Waals surface area contributed by atoms with Crippen molar-refractivity contribution in [1.82, 2.24) is 5.32 Å². The van der Waals surface area contributed by atoms with Gasteiger partial charge in [0.1, 0.15) is 0 Å². The molecule has 0 saturated carbocycles. The highest BCUT2D eigenvalue weighted by Crippen LogP contribution is 2.30. The fourth-order valence-corrected chi connectivity index (χ4v) is 2.95. The first-order valence-electron chi connectivity index (χ1n) is 8.55. The Kier molecular flexibility index (Phi) is 6.45. The van der Waals surface area contributed by atoms with Gasteiger partial charge in [-0.2, -0.15) is 0 Å². The van der Waals surface area contributed by atoms with E-state index in [2.05, 4.69) is 25.2 Å². The maximum absolute atomic E-state index is 12.5. The number of carbonyl (C=O) groups excluding carboxylic acids is 1. The average Bonchev–Trinajstić information content (AvgIpc) is 2.61. The normalized spacial score (nSPS) is 11.7. The van der Waals surface area contributed by atoms with Crippen molar-refractivity contribution in [3.63, 3.8) is 0 Å². The third kappa shape index (κ3) is 4.75. The van der Waals surface area contributed by atoms with Crippen molar-refractivity contribution in [3.05, 3.63) is 58.7 Å². The van der Waals surface area contributed by atoms with E-state index in [9.17, 15) is 4.79 Å². The van der Waals surface area contributed by atoms with Gasteiger partial charge >= 0.3 is 0 Å². The van der Waals surface area contributed by atoms with Gasteiger partial charge in [0, 0.05) is 0 Å². The van der Waals surface area contributed by atoms with Crippen LogP contribution in [0.3, 0.4) is 0 Å². The van der Waals surface area contributed by atoms with Gasteiger partial charge in [-0.05, 0) is 49.1 Å².